The van der Waals surface area contributed by atoms with Crippen molar-refractivity contribution in [2.24, 2.45) is 0 Å². The van der Waals surface area contributed by atoms with Gasteiger partial charge in [0.25, 0.3) is 0 Å². The van der Waals surface area contributed by atoms with Crippen molar-refractivity contribution in [3.8, 4) is 11.4 Å². The molecule has 23 heavy (non-hydrogen) atoms. The van der Waals surface area contributed by atoms with Crippen LogP contribution in [-0.2, 0) is 13.3 Å². The highest BCUT2D eigenvalue weighted by atomic mass is 19.1. The van der Waals surface area contributed by atoms with Crippen LogP contribution in [0.2, 0.25) is 0 Å². The third-order valence-corrected chi connectivity index (χ3v) is 3.27. The summed E-state index contributed by atoms with van der Waals surface area (Å²) in [5.74, 6) is 0.140. The highest BCUT2D eigenvalue weighted by Crippen LogP contribution is 2.18. The second-order valence-corrected chi connectivity index (χ2v) is 4.91. The van der Waals surface area contributed by atoms with E-state index in [1.807, 2.05) is 0 Å². The Bertz CT molecular complexity index is 800. The maximum atomic E-state index is 13.6. The Morgan fingerprint density at radius 2 is 1.78 bits per heavy atom. The molecule has 3 aromatic rings. The van der Waals surface area contributed by atoms with Crippen LogP contribution in [0.25, 0.3) is 5.69 Å². The van der Waals surface area contributed by atoms with Crippen LogP contribution in [0.15, 0.2) is 54.9 Å². The van der Waals surface area contributed by atoms with Gasteiger partial charge >= 0.3 is 0 Å². The quantitative estimate of drug-likeness (QED) is 0.705. The topological polar surface area (TPSA) is 27.1 Å². The largest absolute Gasteiger partial charge is 0.486 e. The van der Waals surface area contributed by atoms with Gasteiger partial charge in [0.2, 0.25) is 0 Å². The Morgan fingerprint density at radius 3 is 2.52 bits per heavy atom. The van der Waals surface area contributed by atoms with Crippen molar-refractivity contribution in [3.63, 3.8) is 0 Å². The molecule has 3 rings (SSSR count). The zero-order valence-electron chi connectivity index (χ0n) is 12.0. The highest BCUT2D eigenvalue weighted by molar-refractivity contribution is 5.37. The van der Waals surface area contributed by atoms with E-state index in [9.17, 15) is 13.2 Å². The number of rotatable bonds is 5. The zero-order valence-corrected chi connectivity index (χ0v) is 12.0. The van der Waals surface area contributed by atoms with Crippen LogP contribution >= 0.6 is 0 Å². The molecule has 1 aromatic heterocycles. The van der Waals surface area contributed by atoms with Crippen molar-refractivity contribution in [1.82, 2.24) is 9.55 Å². The number of alkyl halides is 1. The Kier molecular flexibility index (Phi) is 4.32. The number of imidazole rings is 1. The van der Waals surface area contributed by atoms with Crippen molar-refractivity contribution in [2.45, 2.75) is 13.3 Å². The van der Waals surface area contributed by atoms with Crippen LogP contribution in [0, 0.1) is 11.6 Å². The molecule has 0 aliphatic rings. The fraction of sp³-hybridized carbons (Fsp3) is 0.118. The number of nitrogens with zero attached hydrogens (tertiary/aromatic N) is 2. The lowest BCUT2D eigenvalue weighted by Crippen LogP contribution is -2.06. The Hall–Kier alpha value is -2.76. The number of benzene rings is 2. The van der Waals surface area contributed by atoms with Gasteiger partial charge in [0.1, 0.15) is 30.7 Å². The molecule has 0 aliphatic carbocycles. The minimum absolute atomic E-state index is 0.111. The van der Waals surface area contributed by atoms with Gasteiger partial charge in [-0.25, -0.2) is 18.2 Å². The molecule has 0 saturated heterocycles. The first kappa shape index (κ1) is 15.1. The molecule has 0 fully saturated rings. The van der Waals surface area contributed by atoms with E-state index in [4.69, 9.17) is 4.74 Å². The second kappa shape index (κ2) is 6.56. The molecule has 118 valence electrons. The summed E-state index contributed by atoms with van der Waals surface area (Å²) >= 11 is 0. The van der Waals surface area contributed by atoms with Crippen molar-refractivity contribution in [3.05, 3.63) is 77.9 Å². The second-order valence-electron chi connectivity index (χ2n) is 4.91. The van der Waals surface area contributed by atoms with Crippen LogP contribution in [0.4, 0.5) is 13.2 Å². The molecule has 0 unspecified atom stereocenters. The summed E-state index contributed by atoms with van der Waals surface area (Å²) < 4.78 is 46.4. The minimum atomic E-state index is -0.749. The van der Waals surface area contributed by atoms with Gasteiger partial charge in [0.15, 0.2) is 5.82 Å². The lowest BCUT2D eigenvalue weighted by atomic mass is 10.2. The lowest BCUT2D eigenvalue weighted by molar-refractivity contribution is 0.293. The van der Waals surface area contributed by atoms with Crippen LogP contribution in [-0.4, -0.2) is 9.55 Å². The molecule has 0 amide bonds. The van der Waals surface area contributed by atoms with E-state index in [0.717, 1.165) is 6.07 Å². The normalized spacial score (nSPS) is 10.7. The first-order valence-corrected chi connectivity index (χ1v) is 6.92. The molecule has 6 heteroatoms. The van der Waals surface area contributed by atoms with Crippen molar-refractivity contribution < 1.29 is 17.9 Å². The Labute approximate surface area is 131 Å². The first-order chi connectivity index (χ1) is 11.2. The molecule has 1 heterocycles. The number of hydrogen-bond acceptors (Lipinski definition) is 2. The van der Waals surface area contributed by atoms with E-state index in [1.54, 1.807) is 23.0 Å². The van der Waals surface area contributed by atoms with Gasteiger partial charge in [-0.2, -0.15) is 0 Å². The average Bonchev–Trinajstić information content (AvgIpc) is 3.02. The molecule has 0 bridgehead atoms. The number of halogens is 3. The average molecular weight is 318 g/mol. The number of aromatic nitrogens is 2. The van der Waals surface area contributed by atoms with Gasteiger partial charge in [-0.1, -0.05) is 0 Å². The van der Waals surface area contributed by atoms with Gasteiger partial charge in [0.05, 0.1) is 5.69 Å². The summed E-state index contributed by atoms with van der Waals surface area (Å²) in [7, 11) is 0. The van der Waals surface area contributed by atoms with E-state index < -0.39 is 12.5 Å². The number of hydrogen-bond donors (Lipinski definition) is 0. The molecule has 0 atom stereocenters. The molecule has 0 spiro atoms. The molecule has 0 aliphatic heterocycles. The fourth-order valence-corrected chi connectivity index (χ4v) is 2.20. The smallest absolute Gasteiger partial charge is 0.151 e. The van der Waals surface area contributed by atoms with Crippen LogP contribution in [0.5, 0.6) is 5.75 Å². The predicted molar refractivity (Wildman–Crippen MR) is 79.1 cm³/mol. The molecular weight excluding hydrogens is 305 g/mol. The van der Waals surface area contributed by atoms with Crippen molar-refractivity contribution >= 4 is 0 Å². The lowest BCUT2D eigenvalue weighted by Gasteiger charge is -2.10. The van der Waals surface area contributed by atoms with Gasteiger partial charge in [-0.15, -0.1) is 0 Å². The van der Waals surface area contributed by atoms with Crippen molar-refractivity contribution in [2.75, 3.05) is 0 Å². The standard InChI is InChI=1S/C17H13F3N2O/c18-10-12-7-14(20)9-15(8-12)22-6-5-21-17(22)11-23-16-3-1-13(19)2-4-16/h1-9H,10-11H2. The van der Waals surface area contributed by atoms with Gasteiger partial charge in [-0.3, -0.25) is 0 Å². The molecule has 2 aromatic carbocycles. The minimum Gasteiger partial charge on any atom is -0.486 e. The van der Waals surface area contributed by atoms with Gasteiger partial charge in [-0.05, 0) is 48.0 Å². The highest BCUT2D eigenvalue weighted by Gasteiger charge is 2.09. The van der Waals surface area contributed by atoms with E-state index in [-0.39, 0.29) is 18.0 Å². The number of ether oxygens (including phenoxy) is 1. The first-order valence-electron chi connectivity index (χ1n) is 6.92. The maximum Gasteiger partial charge on any atom is 0.151 e. The summed E-state index contributed by atoms with van der Waals surface area (Å²) in [5.41, 5.74) is 0.715. The molecule has 0 N–H and O–H groups in total. The third kappa shape index (κ3) is 3.53. The van der Waals surface area contributed by atoms with Crippen LogP contribution < -0.4 is 4.74 Å². The van der Waals surface area contributed by atoms with Crippen LogP contribution in [0.3, 0.4) is 0 Å². The van der Waals surface area contributed by atoms with Crippen LogP contribution in [0.1, 0.15) is 11.4 Å². The Morgan fingerprint density at radius 1 is 1.00 bits per heavy atom. The van der Waals surface area contributed by atoms with E-state index in [0.29, 0.717) is 17.3 Å². The van der Waals surface area contributed by atoms with Gasteiger partial charge in [0, 0.05) is 12.4 Å². The molecule has 3 nitrogen and oxygen atoms in total. The van der Waals surface area contributed by atoms with E-state index in [1.165, 1.54) is 30.3 Å². The fourth-order valence-electron chi connectivity index (χ4n) is 2.20. The summed E-state index contributed by atoms with van der Waals surface area (Å²) in [5, 5.41) is 0. The van der Waals surface area contributed by atoms with E-state index >= 15 is 0 Å². The maximum absolute atomic E-state index is 13.6. The predicted octanol–water partition coefficient (Wildman–Crippen LogP) is 4.20. The molecule has 0 saturated carbocycles. The monoisotopic (exact) mass is 318 g/mol. The van der Waals surface area contributed by atoms with E-state index in [2.05, 4.69) is 4.98 Å². The SMILES string of the molecule is FCc1cc(F)cc(-n2ccnc2COc2ccc(F)cc2)c1. The summed E-state index contributed by atoms with van der Waals surface area (Å²) in [6.45, 7) is -0.638. The Balaban J connectivity index is 1.82. The van der Waals surface area contributed by atoms with Gasteiger partial charge < -0.3 is 9.30 Å². The van der Waals surface area contributed by atoms with Crippen molar-refractivity contribution in [1.29, 1.82) is 0 Å². The summed E-state index contributed by atoms with van der Waals surface area (Å²) in [6, 6.07) is 9.59. The summed E-state index contributed by atoms with van der Waals surface area (Å²) in [6.07, 6.45) is 3.18. The molecule has 0 radical (unpaired) electrons. The third-order valence-electron chi connectivity index (χ3n) is 3.27. The molecular formula is C17H13F3N2O. The summed E-state index contributed by atoms with van der Waals surface area (Å²) in [4.78, 5) is 4.16. The zero-order chi connectivity index (χ0) is 16.2.